The van der Waals surface area contributed by atoms with E-state index in [-0.39, 0.29) is 0 Å². The largest absolute Gasteiger partial charge is 0.494 e. The molecule has 126 valence electrons. The lowest BCUT2D eigenvalue weighted by molar-refractivity contribution is 0.339. The number of nitrogens with zero attached hydrogens (tertiary/aromatic N) is 1. The topological polar surface area (TPSA) is 40.2 Å². The lowest BCUT2D eigenvalue weighted by atomic mass is 9.92. The minimum absolute atomic E-state index is 0.293. The van der Waals surface area contributed by atoms with Gasteiger partial charge >= 0.3 is 0 Å². The van der Waals surface area contributed by atoms with E-state index in [0.29, 0.717) is 19.1 Å². The number of nitrogens with two attached hydrogens (primary N) is 1. The highest BCUT2D eigenvalue weighted by molar-refractivity contribution is 5.84. The van der Waals surface area contributed by atoms with Gasteiger partial charge in [0.1, 0.15) is 5.75 Å². The Morgan fingerprint density at radius 3 is 2.67 bits per heavy atom. The van der Waals surface area contributed by atoms with Gasteiger partial charge in [-0.05, 0) is 56.1 Å². The number of para-hydroxylation sites is 1. The Balaban J connectivity index is 1.92. The normalized spacial score (nSPS) is 12.5. The summed E-state index contributed by atoms with van der Waals surface area (Å²) < 4.78 is 7.95. The van der Waals surface area contributed by atoms with Crippen LogP contribution in [0.2, 0.25) is 0 Å². The highest BCUT2D eigenvalue weighted by atomic mass is 16.5. The Bertz CT molecular complexity index is 806. The van der Waals surface area contributed by atoms with Gasteiger partial charge in [-0.25, -0.2) is 0 Å². The molecular formula is C21H26N2O. The quantitative estimate of drug-likeness (QED) is 0.702. The molecule has 0 spiro atoms. The molecule has 3 aromatic rings. The molecule has 0 radical (unpaired) electrons. The van der Waals surface area contributed by atoms with E-state index in [0.717, 1.165) is 18.7 Å². The van der Waals surface area contributed by atoms with Crippen LogP contribution in [0.4, 0.5) is 0 Å². The molecular weight excluding hydrogens is 296 g/mol. The average molecular weight is 322 g/mol. The number of fused-ring (bicyclic) bond motifs is 1. The molecule has 1 heterocycles. The van der Waals surface area contributed by atoms with Crippen LogP contribution in [0.5, 0.6) is 5.75 Å². The molecule has 2 N–H and O–H groups in total. The van der Waals surface area contributed by atoms with Crippen molar-refractivity contribution in [3.05, 3.63) is 65.9 Å². The summed E-state index contributed by atoms with van der Waals surface area (Å²) in [6.45, 7) is 6.48. The maximum Gasteiger partial charge on any atom is 0.119 e. The third-order valence-electron chi connectivity index (χ3n) is 4.60. The van der Waals surface area contributed by atoms with E-state index in [1.54, 1.807) is 0 Å². The Morgan fingerprint density at radius 1 is 1.08 bits per heavy atom. The van der Waals surface area contributed by atoms with E-state index in [9.17, 15) is 0 Å². The molecule has 0 amide bonds. The summed E-state index contributed by atoms with van der Waals surface area (Å²) in [7, 11) is 0. The number of aromatic nitrogens is 1. The third kappa shape index (κ3) is 3.31. The first-order valence-electron chi connectivity index (χ1n) is 8.76. The molecule has 0 bridgehead atoms. The van der Waals surface area contributed by atoms with Crippen molar-refractivity contribution in [1.82, 2.24) is 4.57 Å². The van der Waals surface area contributed by atoms with E-state index >= 15 is 0 Å². The fraction of sp³-hybridized carbons (Fsp3) is 0.333. The molecule has 0 saturated heterocycles. The van der Waals surface area contributed by atoms with E-state index in [2.05, 4.69) is 60.2 Å². The van der Waals surface area contributed by atoms with Gasteiger partial charge in [0.2, 0.25) is 0 Å². The zero-order chi connectivity index (χ0) is 16.9. The van der Waals surface area contributed by atoms with Crippen molar-refractivity contribution in [2.45, 2.75) is 32.7 Å². The summed E-state index contributed by atoms with van der Waals surface area (Å²) in [6.07, 6.45) is 3.22. The van der Waals surface area contributed by atoms with Crippen LogP contribution in [-0.2, 0) is 13.0 Å². The zero-order valence-corrected chi connectivity index (χ0v) is 14.5. The summed E-state index contributed by atoms with van der Waals surface area (Å²) in [5.74, 6) is 1.21. The molecule has 0 fully saturated rings. The monoisotopic (exact) mass is 322 g/mol. The number of benzene rings is 2. The predicted octanol–water partition coefficient (Wildman–Crippen LogP) is 4.34. The Kier molecular flexibility index (Phi) is 5.21. The maximum absolute atomic E-state index is 6.11. The van der Waals surface area contributed by atoms with Crippen molar-refractivity contribution in [1.29, 1.82) is 0 Å². The van der Waals surface area contributed by atoms with E-state index in [4.69, 9.17) is 10.5 Å². The second kappa shape index (κ2) is 7.54. The molecule has 0 aliphatic rings. The van der Waals surface area contributed by atoms with Gasteiger partial charge in [0.25, 0.3) is 0 Å². The Hall–Kier alpha value is -2.26. The second-order valence-corrected chi connectivity index (χ2v) is 6.10. The third-order valence-corrected chi connectivity index (χ3v) is 4.60. The molecule has 24 heavy (non-hydrogen) atoms. The zero-order valence-electron chi connectivity index (χ0n) is 14.5. The first-order valence-corrected chi connectivity index (χ1v) is 8.76. The fourth-order valence-electron chi connectivity index (χ4n) is 3.37. The average Bonchev–Trinajstić information content (AvgIpc) is 2.98. The molecule has 3 heteroatoms. The first kappa shape index (κ1) is 16.6. The van der Waals surface area contributed by atoms with Crippen molar-refractivity contribution in [3.63, 3.8) is 0 Å². The number of hydrogen-bond donors (Lipinski definition) is 1. The molecule has 2 aromatic carbocycles. The van der Waals surface area contributed by atoms with Crippen LogP contribution in [0.1, 0.15) is 30.9 Å². The fourth-order valence-corrected chi connectivity index (χ4v) is 3.37. The number of rotatable bonds is 7. The molecule has 3 rings (SSSR count). The molecule has 1 unspecified atom stereocenters. The molecule has 0 aliphatic carbocycles. The van der Waals surface area contributed by atoms with Crippen molar-refractivity contribution in [2.24, 2.45) is 5.73 Å². The highest BCUT2D eigenvalue weighted by Crippen LogP contribution is 2.28. The number of hydrogen-bond acceptors (Lipinski definition) is 2. The SMILES string of the molecule is CCOc1cccc(C(CN)Cc2cn(CC)c3ccccc23)c1. The molecule has 0 aliphatic heterocycles. The Labute approximate surface area is 144 Å². The van der Waals surface area contributed by atoms with E-state index < -0.39 is 0 Å². The lowest BCUT2D eigenvalue weighted by Gasteiger charge is -2.16. The summed E-state index contributed by atoms with van der Waals surface area (Å²) in [4.78, 5) is 0. The molecule has 1 aromatic heterocycles. The van der Waals surface area contributed by atoms with Crippen LogP contribution in [0.15, 0.2) is 54.7 Å². The van der Waals surface area contributed by atoms with Crippen LogP contribution >= 0.6 is 0 Å². The van der Waals surface area contributed by atoms with E-state index in [1.165, 1.54) is 22.0 Å². The Morgan fingerprint density at radius 2 is 1.92 bits per heavy atom. The molecule has 1 atom stereocenters. The van der Waals surface area contributed by atoms with Crippen LogP contribution in [-0.4, -0.2) is 17.7 Å². The van der Waals surface area contributed by atoms with Gasteiger partial charge in [-0.1, -0.05) is 30.3 Å². The van der Waals surface area contributed by atoms with Crippen LogP contribution in [0.25, 0.3) is 10.9 Å². The number of aryl methyl sites for hydroxylation is 1. The van der Waals surface area contributed by atoms with Gasteiger partial charge in [-0.3, -0.25) is 0 Å². The van der Waals surface area contributed by atoms with Crippen LogP contribution < -0.4 is 10.5 Å². The van der Waals surface area contributed by atoms with Gasteiger partial charge in [-0.15, -0.1) is 0 Å². The van der Waals surface area contributed by atoms with Gasteiger partial charge in [0, 0.05) is 29.6 Å². The maximum atomic E-state index is 6.11. The van der Waals surface area contributed by atoms with Gasteiger partial charge in [0.05, 0.1) is 6.61 Å². The summed E-state index contributed by atoms with van der Waals surface area (Å²) in [5.41, 5.74) is 10.0. The van der Waals surface area contributed by atoms with Crippen molar-refractivity contribution < 1.29 is 4.74 Å². The summed E-state index contributed by atoms with van der Waals surface area (Å²) in [5, 5.41) is 1.33. The minimum atomic E-state index is 0.293. The van der Waals surface area contributed by atoms with Gasteiger partial charge in [-0.2, -0.15) is 0 Å². The van der Waals surface area contributed by atoms with Crippen molar-refractivity contribution >= 4 is 10.9 Å². The summed E-state index contributed by atoms with van der Waals surface area (Å²) >= 11 is 0. The van der Waals surface area contributed by atoms with Crippen molar-refractivity contribution in [2.75, 3.05) is 13.2 Å². The van der Waals surface area contributed by atoms with Crippen LogP contribution in [0.3, 0.4) is 0 Å². The van der Waals surface area contributed by atoms with Crippen LogP contribution in [0, 0.1) is 0 Å². The standard InChI is InChI=1S/C21H26N2O/c1-3-23-15-18(20-10-5-6-11-21(20)23)12-17(14-22)16-8-7-9-19(13-16)24-4-2/h5-11,13,15,17H,3-4,12,14,22H2,1-2H3. The first-order chi connectivity index (χ1) is 11.8. The second-order valence-electron chi connectivity index (χ2n) is 6.10. The lowest BCUT2D eigenvalue weighted by Crippen LogP contribution is -2.15. The van der Waals surface area contributed by atoms with Gasteiger partial charge in [0.15, 0.2) is 0 Å². The minimum Gasteiger partial charge on any atom is -0.494 e. The number of ether oxygens (including phenoxy) is 1. The molecule has 0 saturated carbocycles. The van der Waals surface area contributed by atoms with E-state index in [1.807, 2.05) is 13.0 Å². The smallest absolute Gasteiger partial charge is 0.119 e. The highest BCUT2D eigenvalue weighted by Gasteiger charge is 2.15. The van der Waals surface area contributed by atoms with Gasteiger partial charge < -0.3 is 15.0 Å². The predicted molar refractivity (Wildman–Crippen MR) is 101 cm³/mol. The molecule has 3 nitrogen and oxygen atoms in total. The van der Waals surface area contributed by atoms with Crippen molar-refractivity contribution in [3.8, 4) is 5.75 Å². The summed E-state index contributed by atoms with van der Waals surface area (Å²) in [6, 6.07) is 16.9.